The molecule has 2 N–H and O–H groups in total. The lowest BCUT2D eigenvalue weighted by Gasteiger charge is -2.17. The van der Waals surface area contributed by atoms with Gasteiger partial charge in [-0.1, -0.05) is 36.4 Å². The van der Waals surface area contributed by atoms with Crippen LogP contribution in [0.3, 0.4) is 0 Å². The third kappa shape index (κ3) is 4.62. The van der Waals surface area contributed by atoms with E-state index >= 15 is 0 Å². The topological polar surface area (TPSA) is 92.9 Å². The summed E-state index contributed by atoms with van der Waals surface area (Å²) < 4.78 is 41.1. The van der Waals surface area contributed by atoms with E-state index in [0.29, 0.717) is 28.6 Å². The highest BCUT2D eigenvalue weighted by Gasteiger charge is 2.31. The van der Waals surface area contributed by atoms with Crippen molar-refractivity contribution in [3.63, 3.8) is 0 Å². The Bertz CT molecular complexity index is 1440. The SMILES string of the molecule is Cc1ccccc1-c1nc2nc(C(=O)O)nc(N[C@H](C)C3CC3)c2n1Cc1ccc(C(F)(F)F)cc1. The van der Waals surface area contributed by atoms with Crippen molar-refractivity contribution in [2.24, 2.45) is 5.92 Å². The molecule has 0 radical (unpaired) electrons. The molecule has 0 unspecified atom stereocenters. The van der Waals surface area contributed by atoms with Crippen LogP contribution in [0, 0.1) is 12.8 Å². The van der Waals surface area contributed by atoms with E-state index in [1.165, 1.54) is 12.1 Å². The maximum Gasteiger partial charge on any atom is 0.416 e. The second-order valence-electron chi connectivity index (χ2n) is 9.17. The van der Waals surface area contributed by atoms with Gasteiger partial charge < -0.3 is 15.0 Å². The summed E-state index contributed by atoms with van der Waals surface area (Å²) in [6.07, 6.45) is -2.27. The minimum absolute atomic E-state index is 0.0566. The van der Waals surface area contributed by atoms with E-state index in [1.54, 1.807) is 0 Å². The van der Waals surface area contributed by atoms with Crippen LogP contribution in [0.2, 0.25) is 0 Å². The number of halogens is 3. The van der Waals surface area contributed by atoms with Gasteiger partial charge in [0.1, 0.15) is 11.3 Å². The maximum absolute atomic E-state index is 13.1. The molecular formula is C26H24F3N5O2. The van der Waals surface area contributed by atoms with Crippen molar-refractivity contribution in [1.82, 2.24) is 19.5 Å². The lowest BCUT2D eigenvalue weighted by atomic mass is 10.1. The van der Waals surface area contributed by atoms with Gasteiger partial charge in [0.15, 0.2) is 11.5 Å². The molecule has 2 aromatic carbocycles. The van der Waals surface area contributed by atoms with Gasteiger partial charge in [0.2, 0.25) is 5.82 Å². The van der Waals surface area contributed by atoms with Crippen LogP contribution in [0.4, 0.5) is 19.0 Å². The molecule has 1 saturated carbocycles. The summed E-state index contributed by atoms with van der Waals surface area (Å²) in [6.45, 7) is 4.14. The number of aryl methyl sites for hydroxylation is 1. The summed E-state index contributed by atoms with van der Waals surface area (Å²) in [5, 5.41) is 13.0. The van der Waals surface area contributed by atoms with Gasteiger partial charge >= 0.3 is 12.1 Å². The zero-order chi connectivity index (χ0) is 25.6. The number of fused-ring (bicyclic) bond motifs is 1. The van der Waals surface area contributed by atoms with E-state index < -0.39 is 17.7 Å². The second-order valence-corrected chi connectivity index (χ2v) is 9.17. The van der Waals surface area contributed by atoms with Crippen LogP contribution in [0.5, 0.6) is 0 Å². The molecule has 1 atom stereocenters. The lowest BCUT2D eigenvalue weighted by molar-refractivity contribution is -0.137. The van der Waals surface area contributed by atoms with Gasteiger partial charge in [-0.3, -0.25) is 0 Å². The second kappa shape index (κ2) is 8.92. The van der Waals surface area contributed by atoms with Crippen LogP contribution >= 0.6 is 0 Å². The maximum atomic E-state index is 13.1. The molecule has 4 aromatic rings. The number of anilines is 1. The Balaban J connectivity index is 1.70. The number of carbonyl (C=O) groups is 1. The highest BCUT2D eigenvalue weighted by Crippen LogP contribution is 2.36. The van der Waals surface area contributed by atoms with E-state index in [4.69, 9.17) is 4.98 Å². The quantitative estimate of drug-likeness (QED) is 0.338. The van der Waals surface area contributed by atoms with E-state index in [-0.39, 0.29) is 24.1 Å². The minimum atomic E-state index is -4.43. The predicted molar refractivity (Wildman–Crippen MR) is 129 cm³/mol. The number of nitrogens with one attached hydrogen (secondary N) is 1. The van der Waals surface area contributed by atoms with E-state index in [2.05, 4.69) is 15.3 Å². The Morgan fingerprint density at radius 1 is 1.11 bits per heavy atom. The number of nitrogens with zero attached hydrogens (tertiary/aromatic N) is 4. The van der Waals surface area contributed by atoms with Crippen LogP contribution in [0.25, 0.3) is 22.6 Å². The van der Waals surface area contributed by atoms with Gasteiger partial charge in [0, 0.05) is 18.2 Å². The Hall–Kier alpha value is -3.95. The zero-order valence-electron chi connectivity index (χ0n) is 19.7. The first-order chi connectivity index (χ1) is 17.1. The Morgan fingerprint density at radius 2 is 1.81 bits per heavy atom. The average Bonchev–Trinajstić information content (AvgIpc) is 3.62. The molecule has 1 aliphatic carbocycles. The molecule has 186 valence electrons. The Morgan fingerprint density at radius 3 is 2.42 bits per heavy atom. The molecule has 36 heavy (non-hydrogen) atoms. The minimum Gasteiger partial charge on any atom is -0.475 e. The normalized spacial score (nSPS) is 14.7. The van der Waals surface area contributed by atoms with Crippen molar-refractivity contribution in [3.8, 4) is 11.4 Å². The Kier molecular flexibility index (Phi) is 5.89. The van der Waals surface area contributed by atoms with E-state index in [0.717, 1.165) is 36.1 Å². The van der Waals surface area contributed by atoms with Gasteiger partial charge in [-0.15, -0.1) is 0 Å². The largest absolute Gasteiger partial charge is 0.475 e. The molecule has 5 rings (SSSR count). The number of carboxylic acids is 1. The van der Waals surface area contributed by atoms with Crippen LogP contribution in [0.1, 0.15) is 47.1 Å². The van der Waals surface area contributed by atoms with E-state index in [1.807, 2.05) is 42.7 Å². The van der Waals surface area contributed by atoms with Crippen molar-refractivity contribution in [2.75, 3.05) is 5.32 Å². The summed E-state index contributed by atoms with van der Waals surface area (Å²) in [7, 11) is 0. The molecule has 0 aliphatic heterocycles. The number of hydrogen-bond acceptors (Lipinski definition) is 5. The monoisotopic (exact) mass is 495 g/mol. The molecule has 0 spiro atoms. The van der Waals surface area contributed by atoms with Gasteiger partial charge in [-0.05, 0) is 55.9 Å². The molecule has 2 heterocycles. The number of hydrogen-bond donors (Lipinski definition) is 2. The highest BCUT2D eigenvalue weighted by molar-refractivity contribution is 5.92. The summed E-state index contributed by atoms with van der Waals surface area (Å²) in [5.41, 5.74) is 2.36. The fraction of sp³-hybridized carbons (Fsp3) is 0.308. The number of carboxylic acid groups (broad SMARTS) is 1. The van der Waals surface area contributed by atoms with Gasteiger partial charge in [-0.2, -0.15) is 13.2 Å². The third-order valence-electron chi connectivity index (χ3n) is 6.50. The first kappa shape index (κ1) is 23.8. The number of rotatable bonds is 7. The summed E-state index contributed by atoms with van der Waals surface area (Å²) >= 11 is 0. The van der Waals surface area contributed by atoms with Gasteiger partial charge in [0.25, 0.3) is 0 Å². The summed E-state index contributed by atoms with van der Waals surface area (Å²) in [4.78, 5) is 25.0. The predicted octanol–water partition coefficient (Wildman–Crippen LogP) is 5.78. The molecule has 1 fully saturated rings. The van der Waals surface area contributed by atoms with Crippen LogP contribution in [0.15, 0.2) is 48.5 Å². The van der Waals surface area contributed by atoms with Gasteiger partial charge in [-0.25, -0.2) is 19.7 Å². The molecule has 0 saturated heterocycles. The number of imidazole rings is 1. The van der Waals surface area contributed by atoms with Gasteiger partial charge in [0.05, 0.1) is 5.56 Å². The fourth-order valence-corrected chi connectivity index (χ4v) is 4.33. The molecular weight excluding hydrogens is 471 g/mol. The molecule has 2 aromatic heterocycles. The molecule has 0 bridgehead atoms. The average molecular weight is 496 g/mol. The van der Waals surface area contributed by atoms with E-state index in [9.17, 15) is 23.1 Å². The molecule has 0 amide bonds. The fourth-order valence-electron chi connectivity index (χ4n) is 4.33. The third-order valence-corrected chi connectivity index (χ3v) is 6.50. The van der Waals surface area contributed by atoms with Crippen LogP contribution in [-0.2, 0) is 12.7 Å². The molecule has 1 aliphatic rings. The van der Waals surface area contributed by atoms with Crippen LogP contribution in [-0.4, -0.2) is 36.6 Å². The van der Waals surface area contributed by atoms with Crippen molar-refractivity contribution in [3.05, 3.63) is 71.0 Å². The van der Waals surface area contributed by atoms with Crippen LogP contribution < -0.4 is 5.32 Å². The lowest BCUT2D eigenvalue weighted by Crippen LogP contribution is -2.20. The molecule has 10 heteroatoms. The summed E-state index contributed by atoms with van der Waals surface area (Å²) in [6, 6.07) is 12.6. The van der Waals surface area contributed by atoms with Crippen molar-refractivity contribution in [1.29, 1.82) is 0 Å². The van der Waals surface area contributed by atoms with Crippen molar-refractivity contribution >= 4 is 23.0 Å². The first-order valence-electron chi connectivity index (χ1n) is 11.6. The molecule has 7 nitrogen and oxygen atoms in total. The summed E-state index contributed by atoms with van der Waals surface area (Å²) in [5.74, 6) is -0.305. The number of aromatic carboxylic acids is 1. The zero-order valence-corrected chi connectivity index (χ0v) is 19.7. The number of alkyl halides is 3. The van der Waals surface area contributed by atoms with Crippen molar-refractivity contribution < 1.29 is 23.1 Å². The highest BCUT2D eigenvalue weighted by atomic mass is 19.4. The number of aromatic nitrogens is 4. The number of benzene rings is 2. The Labute approximate surface area is 205 Å². The standard InChI is InChI=1S/C26H24F3N5O2/c1-14-5-3-4-6-19(14)24-33-22-20(34(24)13-16-7-11-18(12-8-16)26(27,28)29)21(30-15(2)17-9-10-17)31-23(32-22)25(35)36/h3-8,11-12,15,17H,9-10,13H2,1-2H3,(H,35,36)(H,30,31,32)/t15-/m1/s1. The van der Waals surface area contributed by atoms with Crippen molar-refractivity contribution in [2.45, 2.75) is 45.5 Å². The smallest absolute Gasteiger partial charge is 0.416 e. The first-order valence-corrected chi connectivity index (χ1v) is 11.6.